The quantitative estimate of drug-likeness (QED) is 0.537. The van der Waals surface area contributed by atoms with Gasteiger partial charge in [-0.15, -0.1) is 0 Å². The maximum atomic E-state index is 4.50. The Labute approximate surface area is 174 Å². The first kappa shape index (κ1) is 23.8. The summed E-state index contributed by atoms with van der Waals surface area (Å²) in [4.78, 5) is 0. The molecule has 0 unspecified atom stereocenters. The van der Waals surface area contributed by atoms with Crippen molar-refractivity contribution in [2.75, 3.05) is 12.4 Å². The van der Waals surface area contributed by atoms with Gasteiger partial charge in [0.2, 0.25) is 0 Å². The lowest BCUT2D eigenvalue weighted by molar-refractivity contribution is 0.629. The summed E-state index contributed by atoms with van der Waals surface area (Å²) in [5, 5.41) is 3.32. The number of anilines is 1. The van der Waals surface area contributed by atoms with Gasteiger partial charge in [-0.1, -0.05) is 96.9 Å². The third-order valence-corrected chi connectivity index (χ3v) is 5.20. The monoisotopic (exact) mass is 373 g/mol. The van der Waals surface area contributed by atoms with Crippen LogP contribution in [0.15, 0.2) is 60.2 Å². The molecule has 2 aromatic carbocycles. The number of fused-ring (bicyclic) bond motifs is 2. The van der Waals surface area contributed by atoms with E-state index in [-0.39, 0.29) is 5.41 Å². The van der Waals surface area contributed by atoms with Gasteiger partial charge in [-0.2, -0.15) is 0 Å². The van der Waals surface area contributed by atoms with Crippen LogP contribution in [-0.2, 0) is 5.41 Å². The number of para-hydroxylation sites is 1. The zero-order chi connectivity index (χ0) is 21.3. The summed E-state index contributed by atoms with van der Waals surface area (Å²) in [6.07, 6.45) is 3.45. The van der Waals surface area contributed by atoms with Crippen LogP contribution in [0.25, 0.3) is 11.1 Å². The zero-order valence-corrected chi connectivity index (χ0v) is 19.0. The summed E-state index contributed by atoms with van der Waals surface area (Å²) in [6.45, 7) is 14.2. The smallest absolute Gasteiger partial charge is 0.0606 e. The van der Waals surface area contributed by atoms with Gasteiger partial charge in [0, 0.05) is 23.7 Å². The molecule has 2 radical (unpaired) electrons. The highest BCUT2D eigenvalue weighted by Gasteiger charge is 2.39. The van der Waals surface area contributed by atoms with Gasteiger partial charge in [0.1, 0.15) is 0 Å². The molecule has 1 nitrogen and oxygen atoms in total. The van der Waals surface area contributed by atoms with Crippen molar-refractivity contribution >= 4 is 24.7 Å². The fourth-order valence-electron chi connectivity index (χ4n) is 3.98. The molecule has 0 saturated heterocycles. The van der Waals surface area contributed by atoms with E-state index in [2.05, 4.69) is 81.6 Å². The van der Waals surface area contributed by atoms with Gasteiger partial charge >= 0.3 is 0 Å². The second kappa shape index (κ2) is 10.9. The van der Waals surface area contributed by atoms with Crippen molar-refractivity contribution in [1.82, 2.24) is 0 Å². The van der Waals surface area contributed by atoms with Crippen molar-refractivity contribution in [3.8, 4) is 0 Å². The Morgan fingerprint density at radius 1 is 0.821 bits per heavy atom. The molecule has 148 valence electrons. The van der Waals surface area contributed by atoms with Crippen molar-refractivity contribution in [3.05, 3.63) is 76.9 Å². The second-order valence-corrected chi connectivity index (χ2v) is 6.70. The molecule has 2 aromatic rings. The fraction of sp³-hybridized carbons (Fsp3) is 0.385. The number of allylic oxidation sites excluding steroid dienone is 4. The molecule has 0 spiro atoms. The largest absolute Gasteiger partial charge is 0.388 e. The van der Waals surface area contributed by atoms with Gasteiger partial charge < -0.3 is 5.32 Å². The van der Waals surface area contributed by atoms with E-state index in [1.54, 1.807) is 5.57 Å². The van der Waals surface area contributed by atoms with Crippen LogP contribution in [0.5, 0.6) is 0 Å². The first-order valence-electron chi connectivity index (χ1n) is 10.5. The highest BCUT2D eigenvalue weighted by atomic mass is 14.8. The third-order valence-electron chi connectivity index (χ3n) is 5.20. The minimum atomic E-state index is 0.138. The molecule has 2 aliphatic carbocycles. The molecule has 0 bridgehead atoms. The van der Waals surface area contributed by atoms with Crippen LogP contribution in [0.4, 0.5) is 5.69 Å². The molecule has 2 aliphatic rings. The summed E-state index contributed by atoms with van der Waals surface area (Å²) >= 11 is 0. The Morgan fingerprint density at radius 3 is 1.96 bits per heavy atom. The Kier molecular flexibility index (Phi) is 9.32. The standard InChI is InChI=1S/C21H21N.2C2H6.CH3B/c1-21(2)18-10-6-4-9-16(18)17-12-14(13-19(17)21)15-8-5-7-11-20(15)22-3;3*1-2/h4-12,22H,13H2,1-3H3;2*1-2H3;1H3. The van der Waals surface area contributed by atoms with E-state index in [1.807, 2.05) is 34.7 Å². The molecule has 0 aromatic heterocycles. The molecule has 2 heteroatoms. The van der Waals surface area contributed by atoms with Gasteiger partial charge in [0.05, 0.1) is 7.85 Å². The summed E-state index contributed by atoms with van der Waals surface area (Å²) in [7, 11) is 6.49. The maximum absolute atomic E-state index is 4.50. The summed E-state index contributed by atoms with van der Waals surface area (Å²) in [5.74, 6) is 0. The first-order chi connectivity index (χ1) is 13.6. The SMILES string of the molecule is CC.CC.CNc1ccccc1C1=CC2=C(C1)C(C)(C)c1ccccc12.[B]C. The normalized spacial score (nSPS) is 14.8. The number of rotatable bonds is 2. The Bertz CT molecular complexity index is 828. The number of hydrogen-bond acceptors (Lipinski definition) is 1. The number of benzene rings is 2. The lowest BCUT2D eigenvalue weighted by Crippen LogP contribution is -2.17. The van der Waals surface area contributed by atoms with E-state index in [9.17, 15) is 0 Å². The van der Waals surface area contributed by atoms with E-state index < -0.39 is 0 Å². The van der Waals surface area contributed by atoms with E-state index in [1.165, 1.54) is 40.3 Å². The summed E-state index contributed by atoms with van der Waals surface area (Å²) < 4.78 is 0. The van der Waals surface area contributed by atoms with E-state index in [0.717, 1.165) is 6.42 Å². The predicted octanol–water partition coefficient (Wildman–Crippen LogP) is 7.52. The molecular weight excluding hydrogens is 337 g/mol. The van der Waals surface area contributed by atoms with Crippen LogP contribution >= 0.6 is 0 Å². The number of hydrogen-bond donors (Lipinski definition) is 1. The van der Waals surface area contributed by atoms with Gasteiger partial charge in [-0.3, -0.25) is 0 Å². The summed E-state index contributed by atoms with van der Waals surface area (Å²) in [5.41, 5.74) is 10.00. The molecular formula is C26H36BN. The van der Waals surface area contributed by atoms with E-state index >= 15 is 0 Å². The molecule has 0 saturated carbocycles. The van der Waals surface area contributed by atoms with Crippen LogP contribution in [0.2, 0.25) is 6.82 Å². The van der Waals surface area contributed by atoms with Gasteiger partial charge in [-0.05, 0) is 40.3 Å². The second-order valence-electron chi connectivity index (χ2n) is 6.70. The average molecular weight is 373 g/mol. The molecule has 28 heavy (non-hydrogen) atoms. The zero-order valence-electron chi connectivity index (χ0n) is 19.0. The van der Waals surface area contributed by atoms with Crippen molar-refractivity contribution in [2.24, 2.45) is 0 Å². The van der Waals surface area contributed by atoms with Gasteiger partial charge in [0.25, 0.3) is 0 Å². The van der Waals surface area contributed by atoms with Crippen LogP contribution < -0.4 is 5.32 Å². The minimum absolute atomic E-state index is 0.138. The molecule has 0 heterocycles. The molecule has 0 atom stereocenters. The van der Waals surface area contributed by atoms with Crippen molar-refractivity contribution in [1.29, 1.82) is 0 Å². The van der Waals surface area contributed by atoms with Crippen molar-refractivity contribution < 1.29 is 0 Å². The topological polar surface area (TPSA) is 12.0 Å². The number of nitrogens with one attached hydrogen (secondary N) is 1. The first-order valence-corrected chi connectivity index (χ1v) is 10.5. The van der Waals surface area contributed by atoms with Crippen molar-refractivity contribution in [3.63, 3.8) is 0 Å². The predicted molar refractivity (Wildman–Crippen MR) is 129 cm³/mol. The van der Waals surface area contributed by atoms with E-state index in [4.69, 9.17) is 0 Å². The van der Waals surface area contributed by atoms with Crippen LogP contribution in [0.3, 0.4) is 0 Å². The highest BCUT2D eigenvalue weighted by Crippen LogP contribution is 2.54. The highest BCUT2D eigenvalue weighted by molar-refractivity contribution is 6.05. The molecule has 0 fully saturated rings. The van der Waals surface area contributed by atoms with Gasteiger partial charge in [-0.25, -0.2) is 0 Å². The Morgan fingerprint density at radius 2 is 1.36 bits per heavy atom. The average Bonchev–Trinajstić information content (AvgIpc) is 3.31. The third kappa shape index (κ3) is 4.27. The summed E-state index contributed by atoms with van der Waals surface area (Å²) in [6, 6.07) is 17.4. The Hall–Kier alpha value is -2.22. The van der Waals surface area contributed by atoms with Crippen LogP contribution in [0.1, 0.15) is 64.7 Å². The lowest BCUT2D eigenvalue weighted by Gasteiger charge is -2.25. The van der Waals surface area contributed by atoms with Crippen molar-refractivity contribution in [2.45, 2.75) is 60.2 Å². The van der Waals surface area contributed by atoms with E-state index in [0.29, 0.717) is 0 Å². The van der Waals surface area contributed by atoms with Gasteiger partial charge in [0.15, 0.2) is 0 Å². The maximum Gasteiger partial charge on any atom is 0.0606 e. The molecule has 4 rings (SSSR count). The molecule has 0 aliphatic heterocycles. The minimum Gasteiger partial charge on any atom is -0.388 e. The lowest BCUT2D eigenvalue weighted by atomic mass is 9.79. The van der Waals surface area contributed by atoms with Crippen LogP contribution in [-0.4, -0.2) is 14.9 Å². The molecule has 1 N–H and O–H groups in total. The van der Waals surface area contributed by atoms with Crippen LogP contribution in [0, 0.1) is 0 Å². The fourth-order valence-corrected chi connectivity index (χ4v) is 3.98. The Balaban J connectivity index is 0.000000599. The molecule has 0 amide bonds.